The largest absolute Gasteiger partial charge is 0.388 e. The van der Waals surface area contributed by atoms with Crippen LogP contribution in [-0.2, 0) is 0 Å². The molecule has 15 heavy (non-hydrogen) atoms. The molecule has 0 amide bonds. The van der Waals surface area contributed by atoms with E-state index in [1.54, 1.807) is 13.0 Å². The number of anilines is 1. The monoisotopic (exact) mass is 247 g/mol. The van der Waals surface area contributed by atoms with E-state index in [0.717, 1.165) is 12.2 Å². The summed E-state index contributed by atoms with van der Waals surface area (Å²) < 4.78 is 0. The van der Waals surface area contributed by atoms with Crippen LogP contribution in [0.1, 0.15) is 13.3 Å². The fourth-order valence-electron chi connectivity index (χ4n) is 1.72. The summed E-state index contributed by atoms with van der Waals surface area (Å²) in [6, 6.07) is 1.66. The van der Waals surface area contributed by atoms with Gasteiger partial charge in [-0.15, -0.1) is 10.2 Å². The van der Waals surface area contributed by atoms with Gasteiger partial charge in [-0.2, -0.15) is 0 Å². The van der Waals surface area contributed by atoms with E-state index >= 15 is 0 Å². The zero-order chi connectivity index (χ0) is 11.1. The Hall–Kier alpha value is -0.580. The SMILES string of the molecule is CC1(O)CCN(c2cc(Cl)nnc2Cl)C1. The first-order chi connectivity index (χ1) is 6.98. The van der Waals surface area contributed by atoms with Gasteiger partial charge in [-0.3, -0.25) is 0 Å². The number of rotatable bonds is 1. The summed E-state index contributed by atoms with van der Waals surface area (Å²) in [6.07, 6.45) is 0.712. The Balaban J connectivity index is 2.27. The quantitative estimate of drug-likeness (QED) is 0.822. The molecule has 1 aliphatic heterocycles. The van der Waals surface area contributed by atoms with Crippen LogP contribution in [0.3, 0.4) is 0 Å². The Morgan fingerprint density at radius 2 is 2.20 bits per heavy atom. The van der Waals surface area contributed by atoms with Gasteiger partial charge >= 0.3 is 0 Å². The third kappa shape index (κ3) is 2.33. The molecule has 0 aliphatic carbocycles. The molecular weight excluding hydrogens is 237 g/mol. The van der Waals surface area contributed by atoms with Crippen molar-refractivity contribution in [3.63, 3.8) is 0 Å². The Labute approximate surface area is 97.8 Å². The van der Waals surface area contributed by atoms with Crippen molar-refractivity contribution in [3.8, 4) is 0 Å². The molecule has 2 rings (SSSR count). The molecule has 2 heterocycles. The minimum Gasteiger partial charge on any atom is -0.388 e. The van der Waals surface area contributed by atoms with Crippen LogP contribution in [0.2, 0.25) is 10.3 Å². The van der Waals surface area contributed by atoms with Crippen molar-refractivity contribution in [1.82, 2.24) is 10.2 Å². The Morgan fingerprint density at radius 1 is 1.47 bits per heavy atom. The van der Waals surface area contributed by atoms with Crippen molar-refractivity contribution in [2.75, 3.05) is 18.0 Å². The first kappa shape index (κ1) is 10.9. The van der Waals surface area contributed by atoms with E-state index in [1.807, 2.05) is 4.90 Å². The van der Waals surface area contributed by atoms with Crippen LogP contribution in [0.5, 0.6) is 0 Å². The number of aromatic nitrogens is 2. The second-order valence-corrected chi connectivity index (χ2v) is 4.76. The standard InChI is InChI=1S/C9H11Cl2N3O/c1-9(15)2-3-14(5-9)6-4-7(10)12-13-8(6)11/h4,15H,2-3,5H2,1H3. The molecular formula is C9H11Cl2N3O. The summed E-state index contributed by atoms with van der Waals surface area (Å²) in [7, 11) is 0. The second-order valence-electron chi connectivity index (χ2n) is 4.01. The fourth-order valence-corrected chi connectivity index (χ4v) is 2.07. The number of aliphatic hydroxyl groups is 1. The van der Waals surface area contributed by atoms with E-state index in [9.17, 15) is 5.11 Å². The predicted molar refractivity (Wildman–Crippen MR) is 59.5 cm³/mol. The van der Waals surface area contributed by atoms with E-state index < -0.39 is 5.60 Å². The summed E-state index contributed by atoms with van der Waals surface area (Å²) in [5.41, 5.74) is 0.0634. The summed E-state index contributed by atoms with van der Waals surface area (Å²) in [5.74, 6) is 0. The van der Waals surface area contributed by atoms with Gasteiger partial charge in [0.15, 0.2) is 10.3 Å². The van der Waals surface area contributed by atoms with Gasteiger partial charge in [0.05, 0.1) is 11.3 Å². The minimum absolute atomic E-state index is 0.306. The number of nitrogens with zero attached hydrogens (tertiary/aromatic N) is 3. The predicted octanol–water partition coefficient (Wildman–Crippen LogP) is 1.74. The van der Waals surface area contributed by atoms with E-state index in [-0.39, 0.29) is 0 Å². The van der Waals surface area contributed by atoms with Crippen LogP contribution in [0.25, 0.3) is 0 Å². The van der Waals surface area contributed by atoms with Crippen molar-refractivity contribution >= 4 is 28.9 Å². The van der Waals surface area contributed by atoms with E-state index in [2.05, 4.69) is 10.2 Å². The van der Waals surface area contributed by atoms with Crippen LogP contribution in [-0.4, -0.2) is 34.0 Å². The van der Waals surface area contributed by atoms with Crippen molar-refractivity contribution in [1.29, 1.82) is 0 Å². The van der Waals surface area contributed by atoms with Crippen molar-refractivity contribution < 1.29 is 5.11 Å². The van der Waals surface area contributed by atoms with Gasteiger partial charge in [0.1, 0.15) is 0 Å². The lowest BCUT2D eigenvalue weighted by Crippen LogP contribution is -2.29. The molecule has 6 heteroatoms. The molecule has 0 spiro atoms. The van der Waals surface area contributed by atoms with Gasteiger partial charge in [-0.25, -0.2) is 0 Å². The molecule has 1 atom stereocenters. The molecule has 82 valence electrons. The highest BCUT2D eigenvalue weighted by Gasteiger charge is 2.32. The lowest BCUT2D eigenvalue weighted by Gasteiger charge is -2.21. The highest BCUT2D eigenvalue weighted by molar-refractivity contribution is 6.33. The van der Waals surface area contributed by atoms with Crippen molar-refractivity contribution in [2.24, 2.45) is 0 Å². The molecule has 0 bridgehead atoms. The number of hydrogen-bond acceptors (Lipinski definition) is 4. The average Bonchev–Trinajstić information content (AvgIpc) is 2.50. The molecule has 1 fully saturated rings. The first-order valence-electron chi connectivity index (χ1n) is 4.64. The molecule has 4 nitrogen and oxygen atoms in total. The van der Waals surface area contributed by atoms with E-state index in [1.165, 1.54) is 0 Å². The van der Waals surface area contributed by atoms with Crippen LogP contribution >= 0.6 is 23.2 Å². The van der Waals surface area contributed by atoms with Gasteiger partial charge in [0.25, 0.3) is 0 Å². The Morgan fingerprint density at radius 3 is 2.80 bits per heavy atom. The average molecular weight is 248 g/mol. The fraction of sp³-hybridized carbons (Fsp3) is 0.556. The zero-order valence-electron chi connectivity index (χ0n) is 8.24. The highest BCUT2D eigenvalue weighted by atomic mass is 35.5. The lowest BCUT2D eigenvalue weighted by molar-refractivity contribution is 0.0839. The molecule has 0 radical (unpaired) electrons. The minimum atomic E-state index is -0.668. The first-order valence-corrected chi connectivity index (χ1v) is 5.40. The van der Waals surface area contributed by atoms with Gasteiger partial charge in [-0.1, -0.05) is 23.2 Å². The maximum absolute atomic E-state index is 9.83. The molecule has 0 saturated carbocycles. The maximum atomic E-state index is 9.83. The van der Waals surface area contributed by atoms with Gasteiger partial charge in [0, 0.05) is 19.2 Å². The number of hydrogen-bond donors (Lipinski definition) is 1. The lowest BCUT2D eigenvalue weighted by atomic mass is 10.1. The van der Waals surface area contributed by atoms with E-state index in [4.69, 9.17) is 23.2 Å². The van der Waals surface area contributed by atoms with Crippen LogP contribution in [0.4, 0.5) is 5.69 Å². The summed E-state index contributed by atoms with van der Waals surface area (Å²) in [6.45, 7) is 3.08. The molecule has 1 aromatic heterocycles. The van der Waals surface area contributed by atoms with Crippen molar-refractivity contribution in [3.05, 3.63) is 16.4 Å². The molecule has 1 N–H and O–H groups in total. The van der Waals surface area contributed by atoms with E-state index in [0.29, 0.717) is 23.3 Å². The van der Waals surface area contributed by atoms with Gasteiger partial charge in [0.2, 0.25) is 0 Å². The van der Waals surface area contributed by atoms with Crippen LogP contribution < -0.4 is 4.90 Å². The van der Waals surface area contributed by atoms with Gasteiger partial charge in [-0.05, 0) is 13.3 Å². The molecule has 0 aromatic carbocycles. The highest BCUT2D eigenvalue weighted by Crippen LogP contribution is 2.31. The normalized spacial score (nSPS) is 26.0. The zero-order valence-corrected chi connectivity index (χ0v) is 9.76. The Bertz CT molecular complexity index is 384. The van der Waals surface area contributed by atoms with Crippen LogP contribution in [0.15, 0.2) is 6.07 Å². The number of β-amino-alcohol motifs (C(OH)–C–C–N with tert-alkyl or cyclic N) is 1. The van der Waals surface area contributed by atoms with Crippen LogP contribution in [0, 0.1) is 0 Å². The van der Waals surface area contributed by atoms with Gasteiger partial charge < -0.3 is 10.0 Å². The summed E-state index contributed by atoms with van der Waals surface area (Å²) >= 11 is 11.7. The molecule has 1 saturated heterocycles. The molecule has 1 unspecified atom stereocenters. The third-order valence-electron chi connectivity index (χ3n) is 2.49. The summed E-state index contributed by atoms with van der Waals surface area (Å²) in [5, 5.41) is 17.8. The number of halogens is 2. The summed E-state index contributed by atoms with van der Waals surface area (Å²) in [4.78, 5) is 1.96. The Kier molecular flexibility index (Phi) is 2.75. The topological polar surface area (TPSA) is 49.2 Å². The smallest absolute Gasteiger partial charge is 0.175 e. The second kappa shape index (κ2) is 3.77. The molecule has 1 aromatic rings. The van der Waals surface area contributed by atoms with Crippen molar-refractivity contribution in [2.45, 2.75) is 18.9 Å². The third-order valence-corrected chi connectivity index (χ3v) is 2.95. The molecule has 1 aliphatic rings. The maximum Gasteiger partial charge on any atom is 0.175 e.